The van der Waals surface area contributed by atoms with Crippen LogP contribution in [0.4, 0.5) is 0 Å². The molecule has 3 fully saturated rings. The number of benzene rings is 2. The van der Waals surface area contributed by atoms with Crippen molar-refractivity contribution in [3.8, 4) is 0 Å². The Kier molecular flexibility index (Phi) is 6.13. The molecule has 0 amide bonds. The number of esters is 1. The molecule has 2 aliphatic carbocycles. The number of hydrogen-bond acceptors (Lipinski definition) is 5. The Labute approximate surface area is 207 Å². The number of hydrogen-bond donors (Lipinski definition) is 0. The maximum absolute atomic E-state index is 13.7. The number of ether oxygens (including phenoxy) is 1. The second-order valence-electron chi connectivity index (χ2n) is 11.1. The van der Waals surface area contributed by atoms with Crippen molar-refractivity contribution in [2.45, 2.75) is 76.4 Å². The van der Waals surface area contributed by atoms with E-state index in [2.05, 4.69) is 53.2 Å². The molecule has 0 bridgehead atoms. The summed E-state index contributed by atoms with van der Waals surface area (Å²) in [7, 11) is 0. The molecule has 5 heteroatoms. The van der Waals surface area contributed by atoms with E-state index in [0.717, 1.165) is 80.7 Å². The number of fused-ring (bicyclic) bond motifs is 2. The smallest absolute Gasteiger partial charge is 0.316 e. The molecule has 0 N–H and O–H groups in total. The second kappa shape index (κ2) is 9.42. The summed E-state index contributed by atoms with van der Waals surface area (Å²) in [5, 5.41) is 0. The summed E-state index contributed by atoms with van der Waals surface area (Å²) >= 11 is 0. The largest absolute Gasteiger partial charge is 0.461 e. The molecule has 2 unspecified atom stereocenters. The topological polar surface area (TPSA) is 55.6 Å². The molecule has 2 aromatic carbocycles. The van der Waals surface area contributed by atoms with E-state index in [0.29, 0.717) is 11.8 Å². The first-order valence-electron chi connectivity index (χ1n) is 13.5. The Bertz CT molecular complexity index is 1180. The average molecular weight is 473 g/mol. The van der Waals surface area contributed by atoms with Crippen molar-refractivity contribution in [2.75, 3.05) is 13.1 Å². The fourth-order valence-electron chi connectivity index (χ4n) is 6.71. The summed E-state index contributed by atoms with van der Waals surface area (Å²) in [6, 6.07) is 16.6. The molecule has 0 radical (unpaired) electrons. The van der Waals surface area contributed by atoms with E-state index < -0.39 is 5.41 Å². The first kappa shape index (κ1) is 22.8. The molecule has 2 heterocycles. The van der Waals surface area contributed by atoms with Crippen molar-refractivity contribution in [3.63, 3.8) is 0 Å². The lowest BCUT2D eigenvalue weighted by molar-refractivity contribution is -0.176. The molecule has 35 heavy (non-hydrogen) atoms. The Morgan fingerprint density at radius 3 is 2.69 bits per heavy atom. The third-order valence-electron chi connectivity index (χ3n) is 8.77. The minimum Gasteiger partial charge on any atom is -0.461 e. The van der Waals surface area contributed by atoms with E-state index in [9.17, 15) is 4.79 Å². The van der Waals surface area contributed by atoms with Crippen molar-refractivity contribution < 1.29 is 13.9 Å². The highest BCUT2D eigenvalue weighted by Gasteiger charge is 2.49. The SMILES string of the molecule is Cc1ccc2nc(CN3CCC4C(C[C@@H]4OC(=O)C4(c5ccccc5)CCCCCC4)C3)oc2c1. The molecule has 6 rings (SSSR count). The van der Waals surface area contributed by atoms with E-state index in [1.165, 1.54) is 18.4 Å². The number of piperidine rings is 1. The lowest BCUT2D eigenvalue weighted by Crippen LogP contribution is -2.55. The molecule has 0 spiro atoms. The molecule has 3 atom stereocenters. The first-order valence-corrected chi connectivity index (χ1v) is 13.5. The Morgan fingerprint density at radius 1 is 1.11 bits per heavy atom. The third kappa shape index (κ3) is 4.40. The molecular weight excluding hydrogens is 436 g/mol. The van der Waals surface area contributed by atoms with Gasteiger partial charge in [0, 0.05) is 12.5 Å². The fraction of sp³-hybridized carbons (Fsp3) is 0.533. The molecule has 3 aliphatic rings. The van der Waals surface area contributed by atoms with Crippen LogP contribution >= 0.6 is 0 Å². The van der Waals surface area contributed by atoms with Crippen molar-refractivity contribution >= 4 is 17.1 Å². The summed E-state index contributed by atoms with van der Waals surface area (Å²) in [5.41, 5.74) is 3.67. The second-order valence-corrected chi connectivity index (χ2v) is 11.1. The lowest BCUT2D eigenvalue weighted by atomic mass is 9.66. The Morgan fingerprint density at radius 2 is 1.91 bits per heavy atom. The maximum Gasteiger partial charge on any atom is 0.316 e. The first-order chi connectivity index (χ1) is 17.1. The zero-order valence-corrected chi connectivity index (χ0v) is 20.7. The maximum atomic E-state index is 13.7. The molecule has 3 aromatic rings. The minimum absolute atomic E-state index is 0.0262. The van der Waals surface area contributed by atoms with Gasteiger partial charge in [-0.15, -0.1) is 0 Å². The fourth-order valence-corrected chi connectivity index (χ4v) is 6.71. The highest BCUT2D eigenvalue weighted by atomic mass is 16.5. The standard InChI is InChI=1S/C30H36N2O3/c1-21-11-12-25-27(17-21)34-28(31-25)20-32-16-13-24-22(19-32)18-26(24)35-29(33)30(14-7-2-3-8-15-30)23-9-5-4-6-10-23/h4-6,9-12,17,22,24,26H,2-3,7-8,13-16,18-20H2,1H3/t22?,24?,26-/m0/s1. The van der Waals surface area contributed by atoms with Crippen molar-refractivity contribution in [2.24, 2.45) is 11.8 Å². The number of oxazole rings is 1. The van der Waals surface area contributed by atoms with Crippen LogP contribution in [0.3, 0.4) is 0 Å². The Balaban J connectivity index is 1.09. The van der Waals surface area contributed by atoms with Gasteiger partial charge in [0.15, 0.2) is 5.58 Å². The van der Waals surface area contributed by atoms with Gasteiger partial charge in [0.1, 0.15) is 11.6 Å². The zero-order valence-electron chi connectivity index (χ0n) is 20.7. The van der Waals surface area contributed by atoms with Gasteiger partial charge in [-0.1, -0.05) is 62.1 Å². The van der Waals surface area contributed by atoms with Crippen molar-refractivity contribution in [1.29, 1.82) is 0 Å². The van der Waals surface area contributed by atoms with Gasteiger partial charge in [0.25, 0.3) is 0 Å². The minimum atomic E-state index is -0.463. The van der Waals surface area contributed by atoms with Crippen LogP contribution in [0.2, 0.25) is 0 Å². The van der Waals surface area contributed by atoms with E-state index in [4.69, 9.17) is 9.15 Å². The highest BCUT2D eigenvalue weighted by Crippen LogP contribution is 2.46. The van der Waals surface area contributed by atoms with Crippen molar-refractivity contribution in [1.82, 2.24) is 9.88 Å². The summed E-state index contributed by atoms with van der Waals surface area (Å²) < 4.78 is 12.3. The number of rotatable bonds is 5. The molecule has 184 valence electrons. The predicted molar refractivity (Wildman–Crippen MR) is 136 cm³/mol. The van der Waals surface area contributed by atoms with Gasteiger partial charge in [-0.05, 0) is 68.3 Å². The molecule has 1 aromatic heterocycles. The number of likely N-dealkylation sites (tertiary alicyclic amines) is 1. The van der Waals surface area contributed by atoms with Crippen LogP contribution in [0.1, 0.15) is 68.4 Å². The van der Waals surface area contributed by atoms with Gasteiger partial charge in [-0.3, -0.25) is 9.69 Å². The van der Waals surface area contributed by atoms with E-state index in [1.54, 1.807) is 0 Å². The van der Waals surface area contributed by atoms with Crippen LogP contribution in [0.25, 0.3) is 11.1 Å². The van der Waals surface area contributed by atoms with Crippen LogP contribution < -0.4 is 0 Å². The van der Waals surface area contributed by atoms with Gasteiger partial charge in [-0.25, -0.2) is 4.98 Å². The van der Waals surface area contributed by atoms with Gasteiger partial charge in [0.05, 0.1) is 12.0 Å². The van der Waals surface area contributed by atoms with Gasteiger partial charge >= 0.3 is 5.97 Å². The summed E-state index contributed by atoms with van der Waals surface area (Å²) in [6.07, 6.45) is 8.58. The van der Waals surface area contributed by atoms with E-state index >= 15 is 0 Å². The highest BCUT2D eigenvalue weighted by molar-refractivity contribution is 5.83. The number of nitrogens with zero attached hydrogens (tertiary/aromatic N) is 2. The number of carbonyl (C=O) groups excluding carboxylic acids is 1. The summed E-state index contributed by atoms with van der Waals surface area (Å²) in [6.45, 7) is 4.85. The van der Waals surface area contributed by atoms with E-state index in [-0.39, 0.29) is 12.1 Å². The monoisotopic (exact) mass is 472 g/mol. The number of carbonyl (C=O) groups is 1. The van der Waals surface area contributed by atoms with Crippen molar-refractivity contribution in [3.05, 3.63) is 65.5 Å². The molecule has 5 nitrogen and oxygen atoms in total. The molecule has 1 aliphatic heterocycles. The summed E-state index contributed by atoms with van der Waals surface area (Å²) in [5.74, 6) is 1.90. The van der Waals surface area contributed by atoms with E-state index in [1.807, 2.05) is 12.1 Å². The molecule has 1 saturated heterocycles. The van der Waals surface area contributed by atoms with Crippen LogP contribution in [-0.4, -0.2) is 35.0 Å². The quantitative estimate of drug-likeness (QED) is 0.328. The van der Waals surface area contributed by atoms with Gasteiger partial charge < -0.3 is 9.15 Å². The average Bonchev–Trinajstić information content (AvgIpc) is 3.07. The number of aromatic nitrogens is 1. The molecular formula is C30H36N2O3. The zero-order chi connectivity index (χ0) is 23.8. The molecule has 2 saturated carbocycles. The van der Waals surface area contributed by atoms with Crippen LogP contribution in [-0.2, 0) is 21.5 Å². The normalized spacial score (nSPS) is 26.5. The third-order valence-corrected chi connectivity index (χ3v) is 8.77. The van der Waals surface area contributed by atoms with Crippen LogP contribution in [0.15, 0.2) is 52.9 Å². The van der Waals surface area contributed by atoms with Crippen LogP contribution in [0.5, 0.6) is 0 Å². The van der Waals surface area contributed by atoms with Crippen LogP contribution in [0, 0.1) is 18.8 Å². The van der Waals surface area contributed by atoms with Gasteiger partial charge in [0.2, 0.25) is 5.89 Å². The van der Waals surface area contributed by atoms with Gasteiger partial charge in [-0.2, -0.15) is 0 Å². The Hall–Kier alpha value is -2.66. The lowest BCUT2D eigenvalue weighted by Gasteiger charge is -2.50. The number of aryl methyl sites for hydroxylation is 1. The predicted octanol–water partition coefficient (Wildman–Crippen LogP) is 6.18. The summed E-state index contributed by atoms with van der Waals surface area (Å²) in [4.78, 5) is 20.8.